The van der Waals surface area contributed by atoms with Crippen LogP contribution in [0.5, 0.6) is 0 Å². The molecule has 0 spiro atoms. The van der Waals surface area contributed by atoms with Crippen molar-refractivity contribution >= 4 is 17.9 Å². The van der Waals surface area contributed by atoms with Crippen LogP contribution in [0.4, 0.5) is 5.69 Å². The first kappa shape index (κ1) is 13.3. The Morgan fingerprint density at radius 1 is 1.38 bits per heavy atom. The highest BCUT2D eigenvalue weighted by Crippen LogP contribution is 2.20. The third kappa shape index (κ3) is 2.68. The third-order valence-electron chi connectivity index (χ3n) is 2.89. The lowest BCUT2D eigenvalue weighted by Crippen LogP contribution is -2.31. The second kappa shape index (κ2) is 6.11. The fourth-order valence-electron chi connectivity index (χ4n) is 1.92. The molecule has 0 saturated carbocycles. The molecule has 4 heteroatoms. The smallest absolute Gasteiger partial charge is 0.220 e. The van der Waals surface area contributed by atoms with Gasteiger partial charge in [0.2, 0.25) is 5.43 Å². The van der Waals surface area contributed by atoms with Gasteiger partial charge in [-0.2, -0.15) is 0 Å². The molecule has 90 valence electrons. The molecule has 0 aliphatic heterocycles. The second-order valence-corrected chi connectivity index (χ2v) is 4.48. The molecule has 0 unspecified atom stereocenters. The number of nitrogens with one attached hydrogen (secondary N) is 1. The standard InChI is InChI=1S/C12H20N2OS/c1-4-9-10(11(15)12(9)16)14(3)8-6-5-7-13-2/h13H,4-8H2,1-3H3. The van der Waals surface area contributed by atoms with Gasteiger partial charge in [-0.3, -0.25) is 4.79 Å². The van der Waals surface area contributed by atoms with E-state index in [9.17, 15) is 4.79 Å². The van der Waals surface area contributed by atoms with E-state index in [1.165, 1.54) is 0 Å². The van der Waals surface area contributed by atoms with E-state index in [1.54, 1.807) is 0 Å². The molecule has 0 bridgehead atoms. The molecule has 0 aromatic heterocycles. The number of unbranched alkanes of at least 4 members (excludes halogenated alkanes) is 1. The van der Waals surface area contributed by atoms with Crippen LogP contribution in [-0.2, 0) is 6.42 Å². The topological polar surface area (TPSA) is 32.3 Å². The maximum absolute atomic E-state index is 11.6. The van der Waals surface area contributed by atoms with Crippen molar-refractivity contribution in [3.63, 3.8) is 0 Å². The number of hydrogen-bond donors (Lipinski definition) is 1. The van der Waals surface area contributed by atoms with Crippen LogP contribution in [0, 0.1) is 4.51 Å². The van der Waals surface area contributed by atoms with E-state index in [0.29, 0.717) is 4.51 Å². The van der Waals surface area contributed by atoms with Gasteiger partial charge < -0.3 is 10.2 Å². The van der Waals surface area contributed by atoms with E-state index in [0.717, 1.165) is 43.6 Å². The summed E-state index contributed by atoms with van der Waals surface area (Å²) in [6.45, 7) is 4.00. The van der Waals surface area contributed by atoms with Gasteiger partial charge in [0.15, 0.2) is 0 Å². The van der Waals surface area contributed by atoms with Crippen molar-refractivity contribution in [3.8, 4) is 0 Å². The normalized spacial score (nSPS) is 10.9. The van der Waals surface area contributed by atoms with E-state index in [1.807, 2.05) is 25.9 Å². The molecule has 0 saturated heterocycles. The lowest BCUT2D eigenvalue weighted by atomic mass is 10.0. The van der Waals surface area contributed by atoms with E-state index in [4.69, 9.17) is 12.2 Å². The number of nitrogens with zero attached hydrogens (tertiary/aromatic N) is 1. The quantitative estimate of drug-likeness (QED) is 0.580. The molecule has 0 fully saturated rings. The number of rotatable bonds is 7. The highest BCUT2D eigenvalue weighted by Gasteiger charge is 2.18. The molecule has 16 heavy (non-hydrogen) atoms. The Labute approximate surface area is 102 Å². The zero-order valence-electron chi connectivity index (χ0n) is 10.3. The van der Waals surface area contributed by atoms with Gasteiger partial charge in [-0.15, -0.1) is 0 Å². The molecule has 0 atom stereocenters. The summed E-state index contributed by atoms with van der Waals surface area (Å²) in [6, 6.07) is 0. The molecule has 1 rings (SSSR count). The summed E-state index contributed by atoms with van der Waals surface area (Å²) < 4.78 is 0.541. The number of anilines is 1. The summed E-state index contributed by atoms with van der Waals surface area (Å²) in [5.74, 6) is 0. The molecule has 1 N–H and O–H groups in total. The van der Waals surface area contributed by atoms with Crippen LogP contribution < -0.4 is 15.6 Å². The lowest BCUT2D eigenvalue weighted by Gasteiger charge is -2.23. The Hall–Kier alpha value is -0.740. The van der Waals surface area contributed by atoms with Crippen molar-refractivity contribution in [3.05, 3.63) is 20.3 Å². The summed E-state index contributed by atoms with van der Waals surface area (Å²) >= 11 is 5.03. The SMILES string of the molecule is CCc1c(N(C)CCCCNC)c(=O)c1=S. The fourth-order valence-corrected chi connectivity index (χ4v) is 2.26. The summed E-state index contributed by atoms with van der Waals surface area (Å²) in [7, 11) is 3.93. The molecule has 0 radical (unpaired) electrons. The van der Waals surface area contributed by atoms with Crippen LogP contribution in [-0.4, -0.2) is 27.2 Å². The molecule has 3 nitrogen and oxygen atoms in total. The monoisotopic (exact) mass is 240 g/mol. The van der Waals surface area contributed by atoms with Crippen molar-refractivity contribution < 1.29 is 0 Å². The first-order chi connectivity index (χ1) is 7.63. The average molecular weight is 240 g/mol. The molecule has 0 aliphatic rings. The summed E-state index contributed by atoms with van der Waals surface area (Å²) in [5, 5.41) is 3.12. The van der Waals surface area contributed by atoms with Crippen LogP contribution in [0.3, 0.4) is 0 Å². The highest BCUT2D eigenvalue weighted by atomic mass is 32.1. The van der Waals surface area contributed by atoms with Gasteiger partial charge in [-0.1, -0.05) is 19.1 Å². The van der Waals surface area contributed by atoms with E-state index < -0.39 is 0 Å². The van der Waals surface area contributed by atoms with Crippen LogP contribution in [0.25, 0.3) is 0 Å². The Kier molecular flexibility index (Phi) is 5.09. The van der Waals surface area contributed by atoms with E-state index >= 15 is 0 Å². The zero-order valence-corrected chi connectivity index (χ0v) is 11.1. The molecule has 1 aromatic carbocycles. The van der Waals surface area contributed by atoms with Gasteiger partial charge in [0.25, 0.3) is 0 Å². The highest BCUT2D eigenvalue weighted by molar-refractivity contribution is 7.71. The first-order valence-corrected chi connectivity index (χ1v) is 6.22. The van der Waals surface area contributed by atoms with Gasteiger partial charge in [-0.05, 0) is 32.9 Å². The molecule has 0 heterocycles. The Morgan fingerprint density at radius 3 is 2.62 bits per heavy atom. The molecule has 1 aromatic rings. The maximum atomic E-state index is 11.6. The number of hydrogen-bond acceptors (Lipinski definition) is 4. The first-order valence-electron chi connectivity index (χ1n) is 5.81. The Balaban J connectivity index is 2.53. The van der Waals surface area contributed by atoms with Crippen LogP contribution >= 0.6 is 12.2 Å². The zero-order chi connectivity index (χ0) is 12.1. The minimum absolute atomic E-state index is 0.0583. The van der Waals surface area contributed by atoms with Crippen molar-refractivity contribution in [1.82, 2.24) is 5.32 Å². The predicted octanol–water partition coefficient (Wildman–Crippen LogP) is 1.65. The molecule has 0 amide bonds. The van der Waals surface area contributed by atoms with E-state index in [2.05, 4.69) is 5.32 Å². The van der Waals surface area contributed by atoms with Crippen molar-refractivity contribution in [1.29, 1.82) is 0 Å². The largest absolute Gasteiger partial charge is 0.371 e. The van der Waals surface area contributed by atoms with Gasteiger partial charge in [-0.25, -0.2) is 0 Å². The summed E-state index contributed by atoms with van der Waals surface area (Å²) in [6.07, 6.45) is 3.09. The van der Waals surface area contributed by atoms with Crippen molar-refractivity contribution in [2.75, 3.05) is 32.1 Å². The van der Waals surface area contributed by atoms with Crippen molar-refractivity contribution in [2.24, 2.45) is 0 Å². The van der Waals surface area contributed by atoms with E-state index in [-0.39, 0.29) is 5.43 Å². The fraction of sp³-hybridized carbons (Fsp3) is 0.667. The van der Waals surface area contributed by atoms with Gasteiger partial charge in [0.05, 0.1) is 10.2 Å². The minimum Gasteiger partial charge on any atom is -0.371 e. The average Bonchev–Trinajstić information content (AvgIpc) is 2.29. The Bertz CT molecular complexity index is 407. The van der Waals surface area contributed by atoms with Crippen molar-refractivity contribution in [2.45, 2.75) is 26.2 Å². The summed E-state index contributed by atoms with van der Waals surface area (Å²) in [5.41, 5.74) is 1.97. The van der Waals surface area contributed by atoms with Crippen LogP contribution in [0.1, 0.15) is 25.3 Å². The molecular formula is C12H20N2OS. The minimum atomic E-state index is 0.0583. The Morgan fingerprint density at radius 2 is 2.06 bits per heavy atom. The maximum Gasteiger partial charge on any atom is 0.220 e. The van der Waals surface area contributed by atoms with Gasteiger partial charge in [0.1, 0.15) is 0 Å². The van der Waals surface area contributed by atoms with Crippen LogP contribution in [0.15, 0.2) is 4.79 Å². The van der Waals surface area contributed by atoms with Crippen LogP contribution in [0.2, 0.25) is 0 Å². The second-order valence-electron chi connectivity index (χ2n) is 4.07. The lowest BCUT2D eigenvalue weighted by molar-refractivity contribution is 0.669. The third-order valence-corrected chi connectivity index (χ3v) is 3.32. The predicted molar refractivity (Wildman–Crippen MR) is 71.7 cm³/mol. The van der Waals surface area contributed by atoms with Gasteiger partial charge in [0, 0.05) is 19.2 Å². The van der Waals surface area contributed by atoms with Gasteiger partial charge >= 0.3 is 0 Å². The summed E-state index contributed by atoms with van der Waals surface area (Å²) in [4.78, 5) is 13.7. The molecule has 0 aliphatic carbocycles. The molecular weight excluding hydrogens is 220 g/mol.